The lowest BCUT2D eigenvalue weighted by Crippen LogP contribution is -1.95. The van der Waals surface area contributed by atoms with Crippen LogP contribution in [0.5, 0.6) is 11.5 Å². The zero-order valence-electron chi connectivity index (χ0n) is 11.2. The summed E-state index contributed by atoms with van der Waals surface area (Å²) in [6.45, 7) is 0. The van der Waals surface area contributed by atoms with E-state index in [-0.39, 0.29) is 16.9 Å². The van der Waals surface area contributed by atoms with E-state index < -0.39 is 11.9 Å². The predicted octanol–water partition coefficient (Wildman–Crippen LogP) is 2.48. The van der Waals surface area contributed by atoms with Crippen molar-refractivity contribution < 1.29 is 29.6 Å². The maximum Gasteiger partial charge on any atom is 0.335 e. The van der Waals surface area contributed by atoms with Crippen LogP contribution in [0, 0.1) is 0 Å². The summed E-state index contributed by atoms with van der Waals surface area (Å²) in [7, 11) is 1.54. The van der Waals surface area contributed by atoms with Crippen LogP contribution in [0.4, 0.5) is 0 Å². The smallest absolute Gasteiger partial charge is 0.335 e. The van der Waals surface area contributed by atoms with E-state index in [2.05, 4.69) is 0 Å². The van der Waals surface area contributed by atoms with Gasteiger partial charge in [-0.15, -0.1) is 0 Å². The zero-order chi connectivity index (χ0) is 15.8. The van der Waals surface area contributed by atoms with E-state index in [1.807, 2.05) is 0 Å². The number of aromatic hydroxyl groups is 1. The van der Waals surface area contributed by atoms with Gasteiger partial charge in [0.2, 0.25) is 0 Å². The Bertz CT molecular complexity index is 618. The monoisotopic (exact) mass is 290 g/mol. The van der Waals surface area contributed by atoms with E-state index in [1.54, 1.807) is 12.1 Å². The molecule has 6 nitrogen and oxygen atoms in total. The van der Waals surface area contributed by atoms with Gasteiger partial charge < -0.3 is 20.1 Å². The molecular weight excluding hydrogens is 276 g/mol. The van der Waals surface area contributed by atoms with Gasteiger partial charge in [-0.2, -0.15) is 0 Å². The predicted molar refractivity (Wildman–Crippen MR) is 75.0 cm³/mol. The highest BCUT2D eigenvalue weighted by Crippen LogP contribution is 2.11. The SMILES string of the molecule is COc1ccc(C(=O)O)cc1.O=C(O)c1cccc(O)c1. The molecule has 0 aliphatic rings. The second-order valence-corrected chi connectivity index (χ2v) is 3.89. The first-order valence-electron chi connectivity index (χ1n) is 5.83. The van der Waals surface area contributed by atoms with E-state index in [0.717, 1.165) is 0 Å². The van der Waals surface area contributed by atoms with E-state index in [0.29, 0.717) is 5.75 Å². The average molecular weight is 290 g/mol. The van der Waals surface area contributed by atoms with Crippen LogP contribution in [0.25, 0.3) is 0 Å². The second-order valence-electron chi connectivity index (χ2n) is 3.89. The molecule has 0 amide bonds. The molecular formula is C15H14O6. The summed E-state index contributed by atoms with van der Waals surface area (Å²) in [6.07, 6.45) is 0. The molecule has 0 fully saturated rings. The van der Waals surface area contributed by atoms with Gasteiger partial charge in [0.25, 0.3) is 0 Å². The number of carboxylic acid groups (broad SMARTS) is 2. The number of benzene rings is 2. The summed E-state index contributed by atoms with van der Waals surface area (Å²) in [4.78, 5) is 20.6. The quantitative estimate of drug-likeness (QED) is 0.802. The van der Waals surface area contributed by atoms with E-state index in [1.165, 1.54) is 43.5 Å². The molecule has 0 radical (unpaired) electrons. The molecule has 21 heavy (non-hydrogen) atoms. The molecule has 2 aromatic rings. The van der Waals surface area contributed by atoms with Crippen LogP contribution in [0.3, 0.4) is 0 Å². The molecule has 0 unspecified atom stereocenters. The van der Waals surface area contributed by atoms with Gasteiger partial charge in [0.1, 0.15) is 11.5 Å². The fraction of sp³-hybridized carbons (Fsp3) is 0.0667. The minimum Gasteiger partial charge on any atom is -0.508 e. The van der Waals surface area contributed by atoms with Crippen LogP contribution in [-0.2, 0) is 0 Å². The number of aromatic carboxylic acids is 2. The van der Waals surface area contributed by atoms with Crippen LogP contribution in [0.1, 0.15) is 20.7 Å². The first-order chi connectivity index (χ1) is 9.93. The maximum absolute atomic E-state index is 10.4. The largest absolute Gasteiger partial charge is 0.508 e. The topological polar surface area (TPSA) is 104 Å². The van der Waals surface area contributed by atoms with Gasteiger partial charge in [0, 0.05) is 0 Å². The molecule has 0 aromatic heterocycles. The van der Waals surface area contributed by atoms with Crippen molar-refractivity contribution in [1.82, 2.24) is 0 Å². The molecule has 2 aromatic carbocycles. The van der Waals surface area contributed by atoms with Crippen LogP contribution in [-0.4, -0.2) is 34.4 Å². The van der Waals surface area contributed by atoms with Crippen LogP contribution in [0.2, 0.25) is 0 Å². The molecule has 2 rings (SSSR count). The van der Waals surface area contributed by atoms with Gasteiger partial charge in [-0.25, -0.2) is 9.59 Å². The van der Waals surface area contributed by atoms with Gasteiger partial charge in [-0.3, -0.25) is 0 Å². The lowest BCUT2D eigenvalue weighted by molar-refractivity contribution is 0.0686. The summed E-state index contributed by atoms with van der Waals surface area (Å²) in [6, 6.07) is 11.8. The number of rotatable bonds is 3. The number of methoxy groups -OCH3 is 1. The van der Waals surface area contributed by atoms with Gasteiger partial charge >= 0.3 is 11.9 Å². The molecule has 0 saturated heterocycles. The van der Waals surface area contributed by atoms with Crippen molar-refractivity contribution in [1.29, 1.82) is 0 Å². The number of carbonyl (C=O) groups is 2. The highest BCUT2D eigenvalue weighted by Gasteiger charge is 2.01. The van der Waals surface area contributed by atoms with Crippen molar-refractivity contribution in [3.05, 3.63) is 59.7 Å². The van der Waals surface area contributed by atoms with Gasteiger partial charge in [0.15, 0.2) is 0 Å². The molecule has 0 spiro atoms. The first-order valence-corrected chi connectivity index (χ1v) is 5.83. The van der Waals surface area contributed by atoms with Crippen molar-refractivity contribution >= 4 is 11.9 Å². The summed E-state index contributed by atoms with van der Waals surface area (Å²) in [5.74, 6) is -1.32. The van der Waals surface area contributed by atoms with Crippen molar-refractivity contribution in [3.8, 4) is 11.5 Å². The third-order valence-corrected chi connectivity index (χ3v) is 2.43. The van der Waals surface area contributed by atoms with Crippen molar-refractivity contribution in [2.45, 2.75) is 0 Å². The minimum atomic E-state index is -1.03. The molecule has 0 aliphatic carbocycles. The molecule has 0 atom stereocenters. The summed E-state index contributed by atoms with van der Waals surface area (Å²) in [5, 5.41) is 25.7. The fourth-order valence-corrected chi connectivity index (χ4v) is 1.37. The summed E-state index contributed by atoms with van der Waals surface area (Å²) < 4.78 is 4.86. The minimum absolute atomic E-state index is 0.0279. The average Bonchev–Trinajstić information content (AvgIpc) is 2.48. The standard InChI is InChI=1S/C8H8O3.C7H6O3/c1-11-7-4-2-6(3-5-7)8(9)10;8-6-3-1-2-5(4-6)7(9)10/h2-5H,1H3,(H,9,10);1-4,8H,(H,9,10). The highest BCUT2D eigenvalue weighted by atomic mass is 16.5. The van der Waals surface area contributed by atoms with E-state index in [4.69, 9.17) is 20.1 Å². The van der Waals surface area contributed by atoms with Crippen molar-refractivity contribution in [2.75, 3.05) is 7.11 Å². The van der Waals surface area contributed by atoms with Crippen LogP contribution in [0.15, 0.2) is 48.5 Å². The molecule has 0 saturated carbocycles. The maximum atomic E-state index is 10.4. The number of hydrogen-bond donors (Lipinski definition) is 3. The van der Waals surface area contributed by atoms with Crippen LogP contribution < -0.4 is 4.74 Å². The Hall–Kier alpha value is -3.02. The number of carboxylic acids is 2. The Labute approximate surface area is 120 Å². The Morgan fingerprint density at radius 3 is 1.86 bits per heavy atom. The molecule has 0 heterocycles. The first kappa shape index (κ1) is 16.0. The Kier molecular flexibility index (Phi) is 5.76. The lowest BCUT2D eigenvalue weighted by atomic mass is 10.2. The van der Waals surface area contributed by atoms with Crippen LogP contribution >= 0.6 is 0 Å². The molecule has 0 aliphatic heterocycles. The summed E-state index contributed by atoms with van der Waals surface area (Å²) in [5.41, 5.74) is 0.366. The molecule has 0 bridgehead atoms. The Morgan fingerprint density at radius 1 is 0.905 bits per heavy atom. The molecule has 3 N–H and O–H groups in total. The zero-order valence-corrected chi connectivity index (χ0v) is 11.2. The third kappa shape index (κ3) is 5.23. The number of ether oxygens (including phenoxy) is 1. The number of phenolic OH excluding ortho intramolecular Hbond substituents is 1. The Morgan fingerprint density at radius 2 is 1.48 bits per heavy atom. The van der Waals surface area contributed by atoms with Gasteiger partial charge in [-0.05, 0) is 42.5 Å². The van der Waals surface area contributed by atoms with E-state index >= 15 is 0 Å². The Balaban J connectivity index is 0.000000211. The van der Waals surface area contributed by atoms with Gasteiger partial charge in [0.05, 0.1) is 18.2 Å². The van der Waals surface area contributed by atoms with Gasteiger partial charge in [-0.1, -0.05) is 6.07 Å². The number of hydrogen-bond acceptors (Lipinski definition) is 4. The third-order valence-electron chi connectivity index (χ3n) is 2.43. The second kappa shape index (κ2) is 7.54. The highest BCUT2D eigenvalue weighted by molar-refractivity contribution is 5.88. The fourth-order valence-electron chi connectivity index (χ4n) is 1.37. The summed E-state index contributed by atoms with van der Waals surface area (Å²) >= 11 is 0. The molecule has 110 valence electrons. The van der Waals surface area contributed by atoms with Crippen molar-refractivity contribution in [3.63, 3.8) is 0 Å². The lowest BCUT2D eigenvalue weighted by Gasteiger charge is -1.98. The normalized spacial score (nSPS) is 9.19. The molecule has 6 heteroatoms. The number of phenols is 1. The van der Waals surface area contributed by atoms with Crippen molar-refractivity contribution in [2.24, 2.45) is 0 Å². The van der Waals surface area contributed by atoms with E-state index in [9.17, 15) is 9.59 Å².